The van der Waals surface area contributed by atoms with E-state index in [4.69, 9.17) is 4.74 Å². The second kappa shape index (κ2) is 9.44. The quantitative estimate of drug-likeness (QED) is 0.783. The number of carbonyl (C=O) groups excluding carboxylic acids is 3. The van der Waals surface area contributed by atoms with Crippen LogP contribution in [0.25, 0.3) is 0 Å². The highest BCUT2D eigenvalue weighted by molar-refractivity contribution is 5.96. The standard InChI is InChI=1S/C23H27N5O4/c1-15-20(23(31)27-9-11-32-12-10-27)13-24-21(25-15)18-7-8-28(14-18)22(30)17-3-5-19(6-4-17)26-16(2)29/h3-6,13,18H,7-12,14H2,1-2H3,(H,26,29)/t18-/m1/s1. The van der Waals surface area contributed by atoms with Crippen LogP contribution in [0, 0.1) is 6.92 Å². The number of morpholine rings is 1. The van der Waals surface area contributed by atoms with E-state index in [2.05, 4.69) is 15.3 Å². The Kier molecular flexibility index (Phi) is 6.45. The van der Waals surface area contributed by atoms with Crippen molar-refractivity contribution in [1.29, 1.82) is 0 Å². The minimum atomic E-state index is -0.153. The van der Waals surface area contributed by atoms with Crippen LogP contribution in [-0.2, 0) is 9.53 Å². The summed E-state index contributed by atoms with van der Waals surface area (Å²) in [7, 11) is 0. The third kappa shape index (κ3) is 4.77. The molecule has 2 aliphatic heterocycles. The third-order valence-corrected chi connectivity index (χ3v) is 5.82. The molecule has 0 saturated carbocycles. The van der Waals surface area contributed by atoms with Crippen LogP contribution in [0.3, 0.4) is 0 Å². The van der Waals surface area contributed by atoms with Crippen LogP contribution in [-0.4, -0.2) is 76.9 Å². The van der Waals surface area contributed by atoms with Crippen LogP contribution in [0.15, 0.2) is 30.5 Å². The Morgan fingerprint density at radius 1 is 1.03 bits per heavy atom. The van der Waals surface area contributed by atoms with Gasteiger partial charge in [0.05, 0.1) is 24.5 Å². The Bertz CT molecular complexity index is 1020. The Morgan fingerprint density at radius 2 is 1.75 bits per heavy atom. The Balaban J connectivity index is 1.40. The number of rotatable bonds is 4. The molecule has 0 unspecified atom stereocenters. The number of ether oxygens (including phenoxy) is 1. The summed E-state index contributed by atoms with van der Waals surface area (Å²) in [5.74, 6) is 0.418. The summed E-state index contributed by atoms with van der Waals surface area (Å²) in [6.45, 7) is 6.66. The SMILES string of the molecule is CC(=O)Nc1ccc(C(=O)N2CC[C@@H](c3ncc(C(=O)N4CCOCC4)c(C)n3)C2)cc1. The van der Waals surface area contributed by atoms with Gasteiger partial charge in [0, 0.05) is 56.5 Å². The zero-order valence-electron chi connectivity index (χ0n) is 18.3. The normalized spacial score (nSPS) is 18.5. The molecule has 2 fully saturated rings. The monoisotopic (exact) mass is 437 g/mol. The van der Waals surface area contributed by atoms with Crippen LogP contribution in [0.2, 0.25) is 0 Å². The first-order chi connectivity index (χ1) is 15.4. The largest absolute Gasteiger partial charge is 0.378 e. The fraction of sp³-hybridized carbons (Fsp3) is 0.435. The summed E-state index contributed by atoms with van der Waals surface area (Å²) < 4.78 is 5.31. The van der Waals surface area contributed by atoms with Gasteiger partial charge in [-0.15, -0.1) is 0 Å². The predicted molar refractivity (Wildman–Crippen MR) is 117 cm³/mol. The van der Waals surface area contributed by atoms with Gasteiger partial charge in [0.15, 0.2) is 0 Å². The van der Waals surface area contributed by atoms with E-state index in [9.17, 15) is 14.4 Å². The molecule has 0 spiro atoms. The number of nitrogens with zero attached hydrogens (tertiary/aromatic N) is 4. The van der Waals surface area contributed by atoms with Crippen LogP contribution < -0.4 is 5.32 Å². The van der Waals surface area contributed by atoms with E-state index in [0.717, 1.165) is 6.42 Å². The summed E-state index contributed by atoms with van der Waals surface area (Å²) in [4.78, 5) is 49.4. The number of amides is 3. The average Bonchev–Trinajstić information content (AvgIpc) is 3.29. The van der Waals surface area contributed by atoms with Gasteiger partial charge in [-0.1, -0.05) is 0 Å². The highest BCUT2D eigenvalue weighted by Gasteiger charge is 2.30. The average molecular weight is 438 g/mol. The molecule has 1 aromatic carbocycles. The topological polar surface area (TPSA) is 105 Å². The first-order valence-electron chi connectivity index (χ1n) is 10.8. The molecule has 0 bridgehead atoms. The van der Waals surface area contributed by atoms with Gasteiger partial charge in [-0.3, -0.25) is 14.4 Å². The number of anilines is 1. The van der Waals surface area contributed by atoms with Crippen molar-refractivity contribution < 1.29 is 19.1 Å². The number of aromatic nitrogens is 2. The van der Waals surface area contributed by atoms with Gasteiger partial charge in [-0.05, 0) is 37.6 Å². The van der Waals surface area contributed by atoms with Crippen molar-refractivity contribution >= 4 is 23.4 Å². The first-order valence-corrected chi connectivity index (χ1v) is 10.8. The summed E-state index contributed by atoms with van der Waals surface area (Å²) in [5, 5.41) is 2.69. The lowest BCUT2D eigenvalue weighted by Crippen LogP contribution is -2.41. The lowest BCUT2D eigenvalue weighted by Gasteiger charge is -2.27. The Hall–Kier alpha value is -3.33. The maximum atomic E-state index is 12.9. The van der Waals surface area contributed by atoms with Crippen LogP contribution >= 0.6 is 0 Å². The van der Waals surface area contributed by atoms with Gasteiger partial charge in [0.2, 0.25) is 5.91 Å². The van der Waals surface area contributed by atoms with Crippen molar-refractivity contribution in [3.05, 3.63) is 53.1 Å². The number of hydrogen-bond acceptors (Lipinski definition) is 6. The second-order valence-electron chi connectivity index (χ2n) is 8.13. The fourth-order valence-corrected chi connectivity index (χ4v) is 4.07. The van der Waals surface area contributed by atoms with Gasteiger partial charge in [0.25, 0.3) is 11.8 Å². The van der Waals surface area contributed by atoms with Crippen molar-refractivity contribution in [1.82, 2.24) is 19.8 Å². The minimum Gasteiger partial charge on any atom is -0.378 e. The summed E-state index contributed by atoms with van der Waals surface area (Å²) in [6, 6.07) is 6.87. The highest BCUT2D eigenvalue weighted by atomic mass is 16.5. The molecule has 4 rings (SSSR count). The van der Waals surface area contributed by atoms with Crippen molar-refractivity contribution in [2.75, 3.05) is 44.7 Å². The summed E-state index contributed by atoms with van der Waals surface area (Å²) >= 11 is 0. The van der Waals surface area contributed by atoms with Crippen molar-refractivity contribution in [2.24, 2.45) is 0 Å². The highest BCUT2D eigenvalue weighted by Crippen LogP contribution is 2.27. The molecule has 32 heavy (non-hydrogen) atoms. The van der Waals surface area contributed by atoms with Crippen molar-refractivity contribution in [2.45, 2.75) is 26.2 Å². The van der Waals surface area contributed by atoms with E-state index < -0.39 is 0 Å². The zero-order valence-corrected chi connectivity index (χ0v) is 18.3. The molecular formula is C23H27N5O4. The molecule has 0 radical (unpaired) electrons. The number of likely N-dealkylation sites (tertiary alicyclic amines) is 1. The number of hydrogen-bond donors (Lipinski definition) is 1. The molecule has 3 heterocycles. The number of aryl methyl sites for hydroxylation is 1. The van der Waals surface area contributed by atoms with Gasteiger partial charge in [-0.2, -0.15) is 0 Å². The molecule has 2 saturated heterocycles. The van der Waals surface area contributed by atoms with Crippen molar-refractivity contribution in [3.63, 3.8) is 0 Å². The van der Waals surface area contributed by atoms with E-state index in [-0.39, 0.29) is 23.6 Å². The molecule has 1 N–H and O–H groups in total. The van der Waals surface area contributed by atoms with E-state index >= 15 is 0 Å². The molecule has 1 atom stereocenters. The lowest BCUT2D eigenvalue weighted by molar-refractivity contribution is -0.114. The van der Waals surface area contributed by atoms with Gasteiger partial charge in [-0.25, -0.2) is 9.97 Å². The van der Waals surface area contributed by atoms with Gasteiger partial charge in [0.1, 0.15) is 5.82 Å². The van der Waals surface area contributed by atoms with Crippen molar-refractivity contribution in [3.8, 4) is 0 Å². The molecule has 2 aromatic rings. The zero-order chi connectivity index (χ0) is 22.7. The van der Waals surface area contributed by atoms with Gasteiger partial charge >= 0.3 is 0 Å². The molecular weight excluding hydrogens is 410 g/mol. The van der Waals surface area contributed by atoms with Crippen LogP contribution in [0.5, 0.6) is 0 Å². The molecule has 9 heteroatoms. The molecule has 9 nitrogen and oxygen atoms in total. The lowest BCUT2D eigenvalue weighted by atomic mass is 10.1. The van der Waals surface area contributed by atoms with E-state index in [1.54, 1.807) is 40.3 Å². The molecule has 2 aliphatic rings. The smallest absolute Gasteiger partial charge is 0.257 e. The Morgan fingerprint density at radius 3 is 2.41 bits per heavy atom. The Labute approximate surface area is 186 Å². The van der Waals surface area contributed by atoms with Crippen LogP contribution in [0.4, 0.5) is 5.69 Å². The van der Waals surface area contributed by atoms with E-state index in [1.165, 1.54) is 6.92 Å². The molecule has 0 aliphatic carbocycles. The number of carbonyl (C=O) groups is 3. The second-order valence-corrected chi connectivity index (χ2v) is 8.13. The third-order valence-electron chi connectivity index (χ3n) is 5.82. The summed E-state index contributed by atoms with van der Waals surface area (Å²) in [6.07, 6.45) is 2.38. The summed E-state index contributed by atoms with van der Waals surface area (Å²) in [5.41, 5.74) is 2.40. The molecule has 3 amide bonds. The van der Waals surface area contributed by atoms with Gasteiger partial charge < -0.3 is 19.9 Å². The van der Waals surface area contributed by atoms with E-state index in [1.807, 2.05) is 6.92 Å². The minimum absolute atomic E-state index is 0.0313. The molecule has 1 aromatic heterocycles. The number of benzene rings is 1. The first kappa shape index (κ1) is 21.9. The van der Waals surface area contributed by atoms with E-state index in [0.29, 0.717) is 67.7 Å². The fourth-order valence-electron chi connectivity index (χ4n) is 4.07. The number of nitrogens with one attached hydrogen (secondary N) is 1. The molecule has 168 valence electrons. The van der Waals surface area contributed by atoms with Crippen LogP contribution in [0.1, 0.15) is 51.5 Å². The predicted octanol–water partition coefficient (Wildman–Crippen LogP) is 1.85. The maximum Gasteiger partial charge on any atom is 0.257 e. The maximum absolute atomic E-state index is 12.9.